The predicted octanol–water partition coefficient (Wildman–Crippen LogP) is 1.11. The molecule has 1 atom stereocenters. The van der Waals surface area contributed by atoms with E-state index in [4.69, 9.17) is 4.74 Å². The number of amides is 1. The summed E-state index contributed by atoms with van der Waals surface area (Å²) in [6, 6.07) is 6.24. The molecule has 1 heterocycles. The summed E-state index contributed by atoms with van der Waals surface area (Å²) in [7, 11) is 2.01. The number of carboxylic acids is 1. The molecule has 0 spiro atoms. The number of benzene rings is 1. The Morgan fingerprint density at radius 2 is 1.83 bits per heavy atom. The lowest BCUT2D eigenvalue weighted by atomic mass is 10.1. The molecule has 0 aliphatic carbocycles. The van der Waals surface area contributed by atoms with Crippen molar-refractivity contribution in [2.45, 2.75) is 19.4 Å². The van der Waals surface area contributed by atoms with Crippen LogP contribution in [0.2, 0.25) is 0 Å². The minimum atomic E-state index is -0.957. The molecule has 2 rings (SSSR count). The van der Waals surface area contributed by atoms with Gasteiger partial charge in [0.2, 0.25) is 5.91 Å². The lowest BCUT2D eigenvalue weighted by Gasteiger charge is -2.35. The van der Waals surface area contributed by atoms with Crippen LogP contribution in [-0.4, -0.2) is 72.7 Å². The number of hydrogen-bond donors (Lipinski definition) is 2. The van der Waals surface area contributed by atoms with Gasteiger partial charge in [-0.25, -0.2) is 0 Å². The molecule has 1 aromatic carbocycles. The molecule has 0 aromatic heterocycles. The van der Waals surface area contributed by atoms with Crippen LogP contribution in [0.3, 0.4) is 0 Å². The highest BCUT2D eigenvalue weighted by Crippen LogP contribution is 2.17. The van der Waals surface area contributed by atoms with Gasteiger partial charge in [0, 0.05) is 31.9 Å². The summed E-state index contributed by atoms with van der Waals surface area (Å²) in [5, 5.41) is 12.2. The Bertz CT molecular complexity index is 553. The summed E-state index contributed by atoms with van der Waals surface area (Å²) in [6.07, 6.45) is -0.0632. The quantitative estimate of drug-likeness (QED) is 0.777. The third-order valence-electron chi connectivity index (χ3n) is 4.09. The molecule has 1 saturated heterocycles. The summed E-state index contributed by atoms with van der Waals surface area (Å²) in [5.41, 5.74) is 0.631. The molecule has 1 aliphatic rings. The van der Waals surface area contributed by atoms with Gasteiger partial charge in [-0.2, -0.15) is 0 Å². The van der Waals surface area contributed by atoms with E-state index in [0.717, 1.165) is 18.8 Å². The molecule has 0 saturated carbocycles. The van der Waals surface area contributed by atoms with Crippen LogP contribution in [0, 0.1) is 0 Å². The maximum absolute atomic E-state index is 12.2. The van der Waals surface area contributed by atoms with Crippen LogP contribution < -0.4 is 10.1 Å². The Kier molecular flexibility index (Phi) is 6.57. The third kappa shape index (κ3) is 5.21. The van der Waals surface area contributed by atoms with Crippen LogP contribution in [0.15, 0.2) is 24.3 Å². The first kappa shape index (κ1) is 18.2. The van der Waals surface area contributed by atoms with E-state index in [1.54, 1.807) is 24.3 Å². The lowest BCUT2D eigenvalue weighted by molar-refractivity contribution is -0.145. The van der Waals surface area contributed by atoms with E-state index in [9.17, 15) is 14.7 Å². The fraction of sp³-hybridized carbons (Fsp3) is 0.529. The van der Waals surface area contributed by atoms with Crippen LogP contribution in [0.25, 0.3) is 0 Å². The molecule has 1 fully saturated rings. The highest BCUT2D eigenvalue weighted by Gasteiger charge is 2.30. The van der Waals surface area contributed by atoms with E-state index in [-0.39, 0.29) is 12.3 Å². The van der Waals surface area contributed by atoms with E-state index < -0.39 is 12.0 Å². The van der Waals surface area contributed by atoms with Crippen molar-refractivity contribution < 1.29 is 19.4 Å². The van der Waals surface area contributed by atoms with E-state index >= 15 is 0 Å². The second kappa shape index (κ2) is 8.65. The maximum atomic E-state index is 12.2. The summed E-state index contributed by atoms with van der Waals surface area (Å²) in [4.78, 5) is 27.7. The SMILES string of the molecule is CCOc1ccc(NC(=O)C[C@@H](C(=O)O)N2CCN(C)CC2)cc1. The zero-order valence-electron chi connectivity index (χ0n) is 14.2. The van der Waals surface area contributed by atoms with Crippen molar-refractivity contribution in [1.29, 1.82) is 0 Å². The lowest BCUT2D eigenvalue weighted by Crippen LogP contribution is -2.52. The first-order valence-corrected chi connectivity index (χ1v) is 8.17. The molecule has 0 unspecified atom stereocenters. The molecule has 7 heteroatoms. The highest BCUT2D eigenvalue weighted by atomic mass is 16.5. The van der Waals surface area contributed by atoms with Crippen molar-refractivity contribution in [2.24, 2.45) is 0 Å². The van der Waals surface area contributed by atoms with E-state index in [1.807, 2.05) is 18.9 Å². The van der Waals surface area contributed by atoms with E-state index in [0.29, 0.717) is 25.4 Å². The average Bonchev–Trinajstić information content (AvgIpc) is 2.55. The van der Waals surface area contributed by atoms with Crippen molar-refractivity contribution >= 4 is 17.6 Å². The maximum Gasteiger partial charge on any atom is 0.321 e. The number of carboxylic acid groups (broad SMARTS) is 1. The summed E-state index contributed by atoms with van der Waals surface area (Å²) in [6.45, 7) is 5.42. The zero-order valence-corrected chi connectivity index (χ0v) is 14.2. The Balaban J connectivity index is 1.91. The Hall–Kier alpha value is -2.12. The number of ether oxygens (including phenoxy) is 1. The van der Waals surface area contributed by atoms with Crippen molar-refractivity contribution in [3.8, 4) is 5.75 Å². The molecule has 1 amide bonds. The first-order valence-electron chi connectivity index (χ1n) is 8.17. The van der Waals surface area contributed by atoms with Crippen molar-refractivity contribution in [2.75, 3.05) is 45.2 Å². The normalized spacial score (nSPS) is 17.2. The average molecular weight is 335 g/mol. The van der Waals surface area contributed by atoms with Gasteiger partial charge in [-0.1, -0.05) is 0 Å². The summed E-state index contributed by atoms with van der Waals surface area (Å²) < 4.78 is 5.35. The molecule has 24 heavy (non-hydrogen) atoms. The summed E-state index contributed by atoms with van der Waals surface area (Å²) >= 11 is 0. The van der Waals surface area contributed by atoms with Crippen molar-refractivity contribution in [3.05, 3.63) is 24.3 Å². The molecule has 2 N–H and O–H groups in total. The molecule has 1 aliphatic heterocycles. The zero-order chi connectivity index (χ0) is 17.5. The van der Waals surface area contributed by atoms with Crippen LogP contribution in [-0.2, 0) is 9.59 Å². The number of carbonyl (C=O) groups excluding carboxylic acids is 1. The van der Waals surface area contributed by atoms with E-state index in [2.05, 4.69) is 10.2 Å². The van der Waals surface area contributed by atoms with Crippen molar-refractivity contribution in [3.63, 3.8) is 0 Å². The highest BCUT2D eigenvalue weighted by molar-refractivity contribution is 5.94. The molecule has 7 nitrogen and oxygen atoms in total. The second-order valence-corrected chi connectivity index (χ2v) is 5.90. The van der Waals surface area contributed by atoms with Gasteiger partial charge in [-0.15, -0.1) is 0 Å². The Labute approximate surface area is 142 Å². The number of hydrogen-bond acceptors (Lipinski definition) is 5. The molecular formula is C17H25N3O4. The van der Waals surface area contributed by atoms with Crippen molar-refractivity contribution in [1.82, 2.24) is 9.80 Å². The minimum Gasteiger partial charge on any atom is -0.494 e. The van der Waals surface area contributed by atoms with Crippen LogP contribution in [0.1, 0.15) is 13.3 Å². The number of piperazine rings is 1. The van der Waals surface area contributed by atoms with E-state index in [1.165, 1.54) is 0 Å². The number of likely N-dealkylation sites (N-methyl/N-ethyl adjacent to an activating group) is 1. The molecule has 0 bridgehead atoms. The number of nitrogens with one attached hydrogen (secondary N) is 1. The van der Waals surface area contributed by atoms with Gasteiger partial charge in [-0.05, 0) is 38.2 Å². The number of rotatable bonds is 7. The van der Waals surface area contributed by atoms with Gasteiger partial charge in [-0.3, -0.25) is 14.5 Å². The van der Waals surface area contributed by atoms with Gasteiger partial charge >= 0.3 is 5.97 Å². The number of carbonyl (C=O) groups is 2. The predicted molar refractivity (Wildman–Crippen MR) is 91.4 cm³/mol. The first-order chi connectivity index (χ1) is 11.5. The molecular weight excluding hydrogens is 310 g/mol. The molecule has 1 aromatic rings. The van der Waals surface area contributed by atoms with Gasteiger partial charge in [0.25, 0.3) is 0 Å². The number of nitrogens with zero attached hydrogens (tertiary/aromatic N) is 2. The second-order valence-electron chi connectivity index (χ2n) is 5.90. The standard InChI is InChI=1S/C17H25N3O4/c1-3-24-14-6-4-13(5-7-14)18-16(21)12-15(17(22)23)20-10-8-19(2)9-11-20/h4-7,15H,3,8-12H2,1-2H3,(H,18,21)(H,22,23)/t15-/m0/s1. The van der Waals surface area contributed by atoms with Gasteiger partial charge in [0.05, 0.1) is 13.0 Å². The Morgan fingerprint density at radius 1 is 1.21 bits per heavy atom. The largest absolute Gasteiger partial charge is 0.494 e. The monoisotopic (exact) mass is 335 g/mol. The summed E-state index contributed by atoms with van der Waals surface area (Å²) in [5.74, 6) is -0.525. The number of anilines is 1. The van der Waals surface area contributed by atoms with Gasteiger partial charge in [0.1, 0.15) is 11.8 Å². The molecule has 132 valence electrons. The van der Waals surface area contributed by atoms with Crippen LogP contribution in [0.5, 0.6) is 5.75 Å². The van der Waals surface area contributed by atoms with Crippen LogP contribution in [0.4, 0.5) is 5.69 Å². The van der Waals surface area contributed by atoms with Gasteiger partial charge < -0.3 is 20.1 Å². The Morgan fingerprint density at radius 3 is 2.38 bits per heavy atom. The minimum absolute atomic E-state index is 0.0632. The van der Waals surface area contributed by atoms with Crippen LogP contribution >= 0.6 is 0 Å². The fourth-order valence-electron chi connectivity index (χ4n) is 2.69. The third-order valence-corrected chi connectivity index (χ3v) is 4.09. The van der Waals surface area contributed by atoms with Gasteiger partial charge in [0.15, 0.2) is 0 Å². The number of aliphatic carboxylic acids is 1. The topological polar surface area (TPSA) is 82.1 Å². The smallest absolute Gasteiger partial charge is 0.321 e. The fourth-order valence-corrected chi connectivity index (χ4v) is 2.69. The molecule has 0 radical (unpaired) electrons.